The van der Waals surface area contributed by atoms with E-state index in [1.807, 2.05) is 0 Å². The van der Waals surface area contributed by atoms with Gasteiger partial charge < -0.3 is 36.7 Å². The zero-order chi connectivity index (χ0) is 11.2. The van der Waals surface area contributed by atoms with Gasteiger partial charge in [0.1, 0.15) is 0 Å². The van der Waals surface area contributed by atoms with Gasteiger partial charge in [-0.3, -0.25) is 0 Å². The maximum Gasteiger partial charge on any atom is 0.335 e. The molecule has 0 bridgehead atoms. The fourth-order valence-electron chi connectivity index (χ4n) is 0.581. The van der Waals surface area contributed by atoms with E-state index in [4.69, 9.17) is 24.4 Å². The van der Waals surface area contributed by atoms with Crippen LogP contribution in [0.4, 0.5) is 0 Å². The molecule has 16 heavy (non-hydrogen) atoms. The molecule has 0 amide bonds. The summed E-state index contributed by atoms with van der Waals surface area (Å²) < 4.78 is 8.66. The molecule has 0 unspecified atom stereocenters. The average molecular weight is 254 g/mol. The van der Waals surface area contributed by atoms with E-state index in [1.165, 1.54) is 0 Å². The molecule has 0 aliphatic rings. The third-order valence-corrected chi connectivity index (χ3v) is 1.02. The molecule has 0 fully saturated rings. The summed E-state index contributed by atoms with van der Waals surface area (Å²) in [4.78, 5) is 34.5. The van der Waals surface area contributed by atoms with Crippen LogP contribution >= 0.6 is 7.82 Å². The Hall–Kier alpha value is -1.28. The summed E-state index contributed by atoms with van der Waals surface area (Å²) >= 11 is 0. The Bertz CT molecular complexity index is 330. The normalized spacial score (nSPS) is 8.69. The van der Waals surface area contributed by atoms with Crippen molar-refractivity contribution in [3.63, 3.8) is 0 Å². The van der Waals surface area contributed by atoms with Gasteiger partial charge in [0.05, 0.1) is 13.4 Å². The summed E-state index contributed by atoms with van der Waals surface area (Å²) in [6.07, 6.45) is 0. The van der Waals surface area contributed by atoms with Crippen LogP contribution in [0.2, 0.25) is 0 Å². The van der Waals surface area contributed by atoms with E-state index < -0.39 is 13.8 Å². The number of benzene rings is 1. The molecule has 0 heterocycles. The highest BCUT2D eigenvalue weighted by molar-refractivity contribution is 7.42. The lowest BCUT2D eigenvalue weighted by Crippen LogP contribution is -2.11. The Morgan fingerprint density at radius 3 is 1.62 bits per heavy atom. The molecule has 9 heteroatoms. The highest BCUT2D eigenvalue weighted by Crippen LogP contribution is 2.11. The largest absolute Gasteiger partial charge is 0.790 e. The molecule has 1 aromatic carbocycles. The van der Waals surface area contributed by atoms with Gasteiger partial charge in [0.2, 0.25) is 0 Å². The fraction of sp³-hybridized carbons (Fsp3) is 0. The standard InChI is InChI=1S/C7H6O2.2H3N.H3O4P/c8-7(9)6-4-2-1-3-5-6;;;1-5(2,3)4/h1-5H,(H,8,9);2*1H3;(H3,1,2,3,4). The van der Waals surface area contributed by atoms with Gasteiger partial charge in [0.25, 0.3) is 0 Å². The smallest absolute Gasteiger partial charge is 0.335 e. The predicted octanol–water partition coefficient (Wildman–Crippen LogP) is -0.0554. The van der Waals surface area contributed by atoms with Crippen LogP contribution in [0.5, 0.6) is 0 Å². The van der Waals surface area contributed by atoms with Crippen LogP contribution in [0.15, 0.2) is 30.3 Å². The number of rotatable bonds is 1. The topological polar surface area (TPSA) is 194 Å². The van der Waals surface area contributed by atoms with Gasteiger partial charge in [0.15, 0.2) is 0 Å². The summed E-state index contributed by atoms with van der Waals surface area (Å²) in [5.41, 5.74) is 0.331. The summed E-state index contributed by atoms with van der Waals surface area (Å²) in [7, 11) is -5.14. The van der Waals surface area contributed by atoms with Crippen molar-refractivity contribution in [1.29, 1.82) is 0 Å². The van der Waals surface area contributed by atoms with Crippen LogP contribution < -0.4 is 22.1 Å². The molecule has 0 saturated carbocycles. The number of carboxylic acid groups (broad SMARTS) is 1. The van der Waals surface area contributed by atoms with Crippen molar-refractivity contribution in [3.05, 3.63) is 35.9 Å². The van der Waals surface area contributed by atoms with Gasteiger partial charge in [0, 0.05) is 0 Å². The molecule has 1 aromatic rings. The van der Waals surface area contributed by atoms with Crippen molar-refractivity contribution in [3.8, 4) is 0 Å². The Morgan fingerprint density at radius 2 is 1.44 bits per heavy atom. The lowest BCUT2D eigenvalue weighted by molar-refractivity contribution is -0.337. The van der Waals surface area contributed by atoms with E-state index in [1.54, 1.807) is 30.3 Å². The first kappa shape index (κ1) is 20.2. The third kappa shape index (κ3) is 15.2. The second kappa shape index (κ2) is 8.98. The van der Waals surface area contributed by atoms with Gasteiger partial charge in [-0.05, 0) is 12.1 Å². The molecule has 0 radical (unpaired) electrons. The van der Waals surface area contributed by atoms with E-state index in [9.17, 15) is 4.79 Å². The molecule has 0 aliphatic heterocycles. The lowest BCUT2D eigenvalue weighted by Gasteiger charge is -2.19. The van der Waals surface area contributed by atoms with Gasteiger partial charge in [-0.2, -0.15) is 0 Å². The molecular formula is C7H15N2O6P. The van der Waals surface area contributed by atoms with Crippen LogP contribution in [-0.2, 0) is 4.57 Å². The van der Waals surface area contributed by atoms with Crippen LogP contribution in [0.25, 0.3) is 0 Å². The summed E-state index contributed by atoms with van der Waals surface area (Å²) in [5, 5.41) is 8.38. The molecular weight excluding hydrogens is 239 g/mol. The first-order chi connectivity index (χ1) is 6.30. The van der Waals surface area contributed by atoms with E-state index in [0.29, 0.717) is 5.56 Å². The Kier molecular flexibility index (Phi) is 11.3. The minimum Gasteiger partial charge on any atom is -0.790 e. The highest BCUT2D eigenvalue weighted by Gasteiger charge is 1.96. The summed E-state index contributed by atoms with van der Waals surface area (Å²) in [6.45, 7) is 0. The van der Waals surface area contributed by atoms with Crippen molar-refractivity contribution < 1.29 is 29.1 Å². The monoisotopic (exact) mass is 254 g/mol. The minimum absolute atomic E-state index is 0. The molecule has 0 aliphatic carbocycles. The van der Waals surface area contributed by atoms with Crippen molar-refractivity contribution in [2.75, 3.05) is 0 Å². The molecule has 0 saturated heterocycles. The quantitative estimate of drug-likeness (QED) is 0.506. The minimum atomic E-state index is -5.14. The van der Waals surface area contributed by atoms with Crippen molar-refractivity contribution in [2.24, 2.45) is 0 Å². The number of hydrogen-bond donors (Lipinski definition) is 4. The van der Waals surface area contributed by atoms with Crippen LogP contribution in [0, 0.1) is 0 Å². The zero-order valence-corrected chi connectivity index (χ0v) is 9.76. The lowest BCUT2D eigenvalue weighted by atomic mass is 10.2. The summed E-state index contributed by atoms with van der Waals surface area (Å²) in [6, 6.07) is 8.30. The number of carbonyl (C=O) groups is 1. The average Bonchev–Trinajstić information content (AvgIpc) is 2.03. The van der Waals surface area contributed by atoms with Crippen LogP contribution in [0.3, 0.4) is 0 Å². The van der Waals surface area contributed by atoms with E-state index in [0.717, 1.165) is 0 Å². The number of quaternary nitrogens is 2. The molecule has 10 N–H and O–H groups in total. The second-order valence-electron chi connectivity index (χ2n) is 2.14. The number of hydrogen-bond acceptors (Lipinski definition) is 4. The fourth-order valence-corrected chi connectivity index (χ4v) is 0.581. The van der Waals surface area contributed by atoms with Gasteiger partial charge in [-0.1, -0.05) is 18.2 Å². The Morgan fingerprint density at radius 1 is 1.12 bits per heavy atom. The van der Waals surface area contributed by atoms with Crippen molar-refractivity contribution >= 4 is 13.8 Å². The Balaban J connectivity index is -0.000000214. The molecule has 8 nitrogen and oxygen atoms in total. The number of aromatic carboxylic acids is 1. The number of phosphoric acid groups is 1. The highest BCUT2D eigenvalue weighted by atomic mass is 31.2. The summed E-state index contributed by atoms with van der Waals surface area (Å²) in [5.74, 6) is -0.879. The van der Waals surface area contributed by atoms with Gasteiger partial charge >= 0.3 is 5.97 Å². The first-order valence-electron chi connectivity index (χ1n) is 3.34. The molecule has 1 rings (SSSR count). The second-order valence-corrected chi connectivity index (χ2v) is 3.08. The van der Waals surface area contributed by atoms with Crippen LogP contribution in [0.1, 0.15) is 10.4 Å². The van der Waals surface area contributed by atoms with Gasteiger partial charge in [-0.25, -0.2) is 4.79 Å². The van der Waals surface area contributed by atoms with E-state index >= 15 is 0 Å². The molecule has 94 valence electrons. The maximum absolute atomic E-state index is 10.2. The SMILES string of the molecule is O=C(O)c1ccccc1.O=P([O-])([O-])O.[NH4+].[NH4+]. The van der Waals surface area contributed by atoms with Crippen molar-refractivity contribution in [1.82, 2.24) is 12.3 Å². The third-order valence-electron chi connectivity index (χ3n) is 1.02. The molecule has 0 aromatic heterocycles. The van der Waals surface area contributed by atoms with E-state index in [-0.39, 0.29) is 12.3 Å². The predicted molar refractivity (Wildman–Crippen MR) is 55.2 cm³/mol. The van der Waals surface area contributed by atoms with Crippen LogP contribution in [-0.4, -0.2) is 16.0 Å². The number of carboxylic acids is 1. The first-order valence-corrected chi connectivity index (χ1v) is 4.83. The van der Waals surface area contributed by atoms with Crippen molar-refractivity contribution in [2.45, 2.75) is 0 Å². The van der Waals surface area contributed by atoms with Gasteiger partial charge in [-0.15, -0.1) is 0 Å². The molecule has 0 atom stereocenters. The zero-order valence-electron chi connectivity index (χ0n) is 8.86. The molecule has 0 spiro atoms. The maximum atomic E-state index is 10.2. The Labute approximate surface area is 92.0 Å². The van der Waals surface area contributed by atoms with E-state index in [2.05, 4.69) is 0 Å².